The second-order valence-corrected chi connectivity index (χ2v) is 3.71. The second-order valence-electron chi connectivity index (χ2n) is 3.71. The van der Waals surface area contributed by atoms with Crippen molar-refractivity contribution in [2.75, 3.05) is 6.61 Å². The Kier molecular flexibility index (Phi) is 12.3. The van der Waals surface area contributed by atoms with E-state index in [-0.39, 0.29) is 33.3 Å². The normalized spacial score (nSPS) is 13.1. The second kappa shape index (κ2) is 10.1. The molecule has 0 bridgehead atoms. The molecule has 0 N–H and O–H groups in total. The maximum atomic E-state index is 5.46. The van der Waals surface area contributed by atoms with Gasteiger partial charge in [0.25, 0.3) is 0 Å². The molecule has 1 atom stereocenters. The summed E-state index contributed by atoms with van der Waals surface area (Å²) in [5.41, 5.74) is 0. The molecular formula is C11H22O2W. The van der Waals surface area contributed by atoms with Crippen LogP contribution in [0.3, 0.4) is 0 Å². The maximum Gasteiger partial charge on any atom is 2.00 e. The fourth-order valence-corrected chi connectivity index (χ4v) is 0.955. The molecule has 0 unspecified atom stereocenters. The predicted molar refractivity (Wildman–Crippen MR) is 55.4 cm³/mol. The van der Waals surface area contributed by atoms with Crippen LogP contribution < -0.4 is 0 Å². The van der Waals surface area contributed by atoms with E-state index in [2.05, 4.69) is 13.3 Å². The van der Waals surface area contributed by atoms with Crippen molar-refractivity contribution in [1.29, 1.82) is 0 Å². The summed E-state index contributed by atoms with van der Waals surface area (Å²) >= 11 is 0. The van der Waals surface area contributed by atoms with Crippen LogP contribution in [0.4, 0.5) is 0 Å². The monoisotopic (exact) mass is 370 g/mol. The summed E-state index contributed by atoms with van der Waals surface area (Å²) in [6.07, 6.45) is 3.52. The van der Waals surface area contributed by atoms with E-state index in [0.29, 0.717) is 12.7 Å². The van der Waals surface area contributed by atoms with Crippen LogP contribution in [0.5, 0.6) is 0 Å². The van der Waals surface area contributed by atoms with Crippen LogP contribution in [-0.4, -0.2) is 24.9 Å². The molecule has 2 nitrogen and oxygen atoms in total. The van der Waals surface area contributed by atoms with Gasteiger partial charge in [-0.1, -0.05) is 12.7 Å². The number of ether oxygens (including phenoxy) is 2. The Morgan fingerprint density at radius 3 is 2.14 bits per heavy atom. The van der Waals surface area contributed by atoms with Crippen molar-refractivity contribution in [3.05, 3.63) is 13.3 Å². The zero-order chi connectivity index (χ0) is 10.3. The van der Waals surface area contributed by atoms with E-state index < -0.39 is 0 Å². The van der Waals surface area contributed by atoms with E-state index in [1.54, 1.807) is 0 Å². The molecule has 0 aliphatic carbocycles. The van der Waals surface area contributed by atoms with Crippen LogP contribution in [-0.2, 0) is 30.5 Å². The molecule has 0 radical (unpaired) electrons. The van der Waals surface area contributed by atoms with E-state index >= 15 is 0 Å². The zero-order valence-electron chi connectivity index (χ0n) is 9.66. The third-order valence-electron chi connectivity index (χ3n) is 1.44. The number of hydrogen-bond donors (Lipinski definition) is 0. The smallest absolute Gasteiger partial charge is 0.411 e. The predicted octanol–water partition coefficient (Wildman–Crippen LogP) is 2.63. The first-order valence-corrected chi connectivity index (χ1v) is 4.94. The minimum atomic E-state index is 0. The Balaban J connectivity index is 0. The topological polar surface area (TPSA) is 18.5 Å². The van der Waals surface area contributed by atoms with Gasteiger partial charge in [-0.05, 0) is 27.7 Å². The third kappa shape index (κ3) is 12.6. The van der Waals surface area contributed by atoms with Gasteiger partial charge in [0.15, 0.2) is 0 Å². The van der Waals surface area contributed by atoms with Gasteiger partial charge in [-0.15, -0.1) is 0 Å². The Morgan fingerprint density at radius 1 is 1.14 bits per heavy atom. The van der Waals surface area contributed by atoms with Gasteiger partial charge in [0.2, 0.25) is 0 Å². The van der Waals surface area contributed by atoms with E-state index in [1.807, 2.05) is 27.7 Å². The summed E-state index contributed by atoms with van der Waals surface area (Å²) in [5, 5.41) is 0. The van der Waals surface area contributed by atoms with Crippen LogP contribution in [0, 0.1) is 13.3 Å². The molecule has 0 saturated carbocycles. The van der Waals surface area contributed by atoms with Crippen molar-refractivity contribution in [3.8, 4) is 0 Å². The molecule has 0 spiro atoms. The van der Waals surface area contributed by atoms with E-state index in [9.17, 15) is 0 Å². The molecule has 0 rings (SSSR count). The Labute approximate surface area is 103 Å². The van der Waals surface area contributed by atoms with Crippen LogP contribution in [0.15, 0.2) is 0 Å². The Morgan fingerprint density at radius 2 is 1.71 bits per heavy atom. The standard InChI is InChI=1S/C11H22O2.W/c1-9(2)12-8-6-7-11(5)13-10(3)4;/h6,9-11H,5,7-8H2,1-4H3;/q-2;+2/t11-;/m0./s1. The van der Waals surface area contributed by atoms with Crippen molar-refractivity contribution < 1.29 is 30.5 Å². The summed E-state index contributed by atoms with van der Waals surface area (Å²) in [6, 6.07) is 0. The quantitative estimate of drug-likeness (QED) is 0.507. The Bertz CT molecular complexity index is 116. The first kappa shape index (κ1) is 17.0. The van der Waals surface area contributed by atoms with Gasteiger partial charge in [-0.25, -0.2) is 0 Å². The molecule has 84 valence electrons. The molecule has 0 aromatic rings. The molecule has 0 aliphatic heterocycles. The van der Waals surface area contributed by atoms with E-state index in [1.165, 1.54) is 0 Å². The minimum Gasteiger partial charge on any atom is -0.411 e. The number of hydrogen-bond acceptors (Lipinski definition) is 2. The fourth-order valence-electron chi connectivity index (χ4n) is 0.955. The SMILES string of the molecule is [CH2-][C@@H](C[CH-]COC(C)C)OC(C)C.[W+2]. The van der Waals surface area contributed by atoms with Crippen molar-refractivity contribution in [2.45, 2.75) is 52.4 Å². The van der Waals surface area contributed by atoms with Gasteiger partial charge in [0, 0.05) is 12.2 Å². The summed E-state index contributed by atoms with van der Waals surface area (Å²) in [5.74, 6) is 0. The molecule has 0 saturated heterocycles. The van der Waals surface area contributed by atoms with E-state index in [0.717, 1.165) is 6.42 Å². The molecule has 0 heterocycles. The van der Waals surface area contributed by atoms with Gasteiger partial charge in [-0.3, -0.25) is 0 Å². The molecule has 14 heavy (non-hydrogen) atoms. The third-order valence-corrected chi connectivity index (χ3v) is 1.44. The van der Waals surface area contributed by atoms with Crippen molar-refractivity contribution in [3.63, 3.8) is 0 Å². The fraction of sp³-hybridized carbons (Fsp3) is 0.818. The average Bonchev–Trinajstić information content (AvgIpc) is 1.96. The van der Waals surface area contributed by atoms with Crippen molar-refractivity contribution >= 4 is 0 Å². The van der Waals surface area contributed by atoms with Crippen LogP contribution in [0.2, 0.25) is 0 Å². The van der Waals surface area contributed by atoms with Gasteiger partial charge in [0.1, 0.15) is 0 Å². The summed E-state index contributed by atoms with van der Waals surface area (Å²) in [7, 11) is 0. The van der Waals surface area contributed by atoms with Crippen LogP contribution in [0.1, 0.15) is 34.1 Å². The maximum absolute atomic E-state index is 5.46. The van der Waals surface area contributed by atoms with Crippen LogP contribution >= 0.6 is 0 Å². The first-order valence-electron chi connectivity index (χ1n) is 4.94. The summed E-state index contributed by atoms with van der Waals surface area (Å²) in [4.78, 5) is 0. The molecular weight excluding hydrogens is 348 g/mol. The first-order chi connectivity index (χ1) is 6.02. The van der Waals surface area contributed by atoms with Gasteiger partial charge >= 0.3 is 21.1 Å². The van der Waals surface area contributed by atoms with Crippen molar-refractivity contribution in [1.82, 2.24) is 0 Å². The molecule has 0 aromatic carbocycles. The average molecular weight is 370 g/mol. The van der Waals surface area contributed by atoms with Gasteiger partial charge in [0.05, 0.1) is 0 Å². The minimum absolute atomic E-state index is 0. The largest absolute Gasteiger partial charge is 2.00 e. The molecule has 0 aliphatic rings. The number of rotatable bonds is 7. The summed E-state index contributed by atoms with van der Waals surface area (Å²) in [6.45, 7) is 12.7. The van der Waals surface area contributed by atoms with Gasteiger partial charge in [-0.2, -0.15) is 6.42 Å². The van der Waals surface area contributed by atoms with Gasteiger partial charge < -0.3 is 22.8 Å². The van der Waals surface area contributed by atoms with E-state index in [4.69, 9.17) is 9.47 Å². The van der Waals surface area contributed by atoms with Crippen LogP contribution in [0.25, 0.3) is 0 Å². The zero-order valence-corrected chi connectivity index (χ0v) is 12.6. The molecule has 0 amide bonds. The summed E-state index contributed by atoms with van der Waals surface area (Å²) < 4.78 is 10.8. The Hall–Kier alpha value is 0.608. The molecule has 0 aromatic heterocycles. The molecule has 0 fully saturated rings. The molecule has 3 heteroatoms. The van der Waals surface area contributed by atoms with Crippen molar-refractivity contribution in [2.24, 2.45) is 0 Å².